The number of methoxy groups -OCH3 is 1. The molecule has 44 heteroatoms. The number of aromatic amines is 2. The monoisotopic (exact) mass is 1230 g/mol. The van der Waals surface area contributed by atoms with Crippen molar-refractivity contribution in [2.45, 2.75) is 93.8 Å². The highest BCUT2D eigenvalue weighted by Crippen LogP contribution is 2.68. The van der Waals surface area contributed by atoms with Gasteiger partial charge in [-0.25, -0.2) is 38.2 Å². The number of aliphatic hydroxyl groups is 3. The van der Waals surface area contributed by atoms with E-state index in [1.165, 1.54) is 27.1 Å². The number of nitrogens with zero attached hydrogens (tertiary/aromatic N) is 10. The first-order valence-corrected chi connectivity index (χ1v) is 29.5. The average Bonchev–Trinajstić information content (AvgIpc) is 3.45. The van der Waals surface area contributed by atoms with Gasteiger partial charge in [-0.1, -0.05) is 4.98 Å². The number of rotatable bonds is 22. The molecule has 15 N–H and O–H groups in total. The van der Waals surface area contributed by atoms with Gasteiger partial charge in [0.15, 0.2) is 41.4 Å². The number of phosphoric ester groups is 3. The van der Waals surface area contributed by atoms with Gasteiger partial charge in [0.2, 0.25) is 23.6 Å². The number of fused-ring (bicyclic) bond motifs is 3. The molecule has 3 aliphatic rings. The van der Waals surface area contributed by atoms with Crippen LogP contribution in [-0.4, -0.2) is 171 Å². The highest BCUT2D eigenvalue weighted by Gasteiger charge is 2.53. The second kappa shape index (κ2) is 22.8. The van der Waals surface area contributed by atoms with Crippen LogP contribution in [0, 0.1) is 5.92 Å². The first-order chi connectivity index (χ1) is 38.0. The zero-order chi connectivity index (χ0) is 58.8. The van der Waals surface area contributed by atoms with E-state index < -0.39 is 148 Å². The molecule has 3 fully saturated rings. The third kappa shape index (κ3) is 12.7. The second-order valence-corrected chi connectivity index (χ2v) is 24.5. The summed E-state index contributed by atoms with van der Waals surface area (Å²) in [7, 11) is -21.3. The summed E-state index contributed by atoms with van der Waals surface area (Å²) in [6.45, 7) is -0.129. The maximum absolute atomic E-state index is 13.6. The molecular weight excluding hydrogens is 1180 g/mol. The van der Waals surface area contributed by atoms with Crippen LogP contribution in [-0.2, 0) is 75.8 Å². The number of nitrogens with one attached hydrogen (secondary N) is 3. The van der Waals surface area contributed by atoms with Crippen LogP contribution in [0.5, 0.6) is 0 Å². The Hall–Kier alpha value is -5.64. The summed E-state index contributed by atoms with van der Waals surface area (Å²) >= 11 is 0. The minimum Gasteiger partial charge on any atom is -0.756 e. The number of nitrogen functional groups attached to an aromatic ring is 3. The van der Waals surface area contributed by atoms with Gasteiger partial charge in [0.25, 0.3) is 24.9 Å². The number of ether oxygens (including phenoxy) is 4. The number of H-pyrrole nitrogens is 2. The Morgan fingerprint density at radius 1 is 0.778 bits per heavy atom. The molecule has 1 amide bonds. The van der Waals surface area contributed by atoms with Crippen LogP contribution in [0.15, 0.2) is 34.9 Å². The minimum atomic E-state index is -6.25. The maximum atomic E-state index is 13.6. The number of nitrogens with two attached hydrogens (primary N) is 3. The van der Waals surface area contributed by atoms with Crippen LogP contribution in [0.25, 0.3) is 33.5 Å². The van der Waals surface area contributed by atoms with E-state index in [0.29, 0.717) is 0 Å². The van der Waals surface area contributed by atoms with Crippen LogP contribution in [0.4, 0.5) is 17.7 Å². The SMILES string of the molecule is CO[C@@H]1[C@H](OP(=O)([O-])OC[C@H]2O[C@@H](n3cnc4c(=O)[nH]c(N)nc43)[C@H](O)[C@@H]2O)[C@@H](COP(=O)(O)OP(=O)(O)OP(=O)(O)OC[C@H]2OC([n+]3cn(C)c4c(=O)[nH]c(N)nc43)[C@H](O)C2CC(=O)NC(C)C)O[C@H]1n1cnc2c(N)ncnc21. The van der Waals surface area contributed by atoms with E-state index in [1.54, 1.807) is 13.8 Å². The summed E-state index contributed by atoms with van der Waals surface area (Å²) in [6.07, 6.45) is -14.3. The minimum absolute atomic E-state index is 0.0118. The molecule has 40 nitrogen and oxygen atoms in total. The lowest BCUT2D eigenvalue weighted by Gasteiger charge is -2.31. The molecule has 0 saturated carbocycles. The van der Waals surface area contributed by atoms with E-state index in [2.05, 4.69) is 53.8 Å². The van der Waals surface area contributed by atoms with Crippen molar-refractivity contribution in [3.05, 3.63) is 46.0 Å². The van der Waals surface area contributed by atoms with E-state index in [1.807, 2.05) is 0 Å². The summed E-state index contributed by atoms with van der Waals surface area (Å²) < 4.78 is 110. The van der Waals surface area contributed by atoms with Gasteiger partial charge in [0.05, 0.1) is 45.6 Å². The third-order valence-electron chi connectivity index (χ3n) is 12.6. The first kappa shape index (κ1) is 60.0. The average molecular weight is 1230 g/mol. The smallest absolute Gasteiger partial charge is 0.490 e. The topological polar surface area (TPSA) is 574 Å². The van der Waals surface area contributed by atoms with Crippen molar-refractivity contribution >= 4 is 88.4 Å². The fourth-order valence-electron chi connectivity index (χ4n) is 9.22. The van der Waals surface area contributed by atoms with Crippen molar-refractivity contribution < 1.29 is 108 Å². The Morgan fingerprint density at radius 3 is 2.05 bits per heavy atom. The highest BCUT2D eigenvalue weighted by molar-refractivity contribution is 7.66. The largest absolute Gasteiger partial charge is 0.756 e. The fourth-order valence-corrected chi connectivity index (χ4v) is 13.7. The molecule has 3 saturated heterocycles. The third-order valence-corrected chi connectivity index (χ3v) is 17.8. The molecule has 6 unspecified atom stereocenters. The van der Waals surface area contributed by atoms with Crippen molar-refractivity contribution in [1.82, 2.24) is 58.9 Å². The molecule has 444 valence electrons. The lowest BCUT2D eigenvalue weighted by atomic mass is 9.94. The second-order valence-electron chi connectivity index (χ2n) is 18.5. The first-order valence-electron chi connectivity index (χ1n) is 23.5. The van der Waals surface area contributed by atoms with Gasteiger partial charge >= 0.3 is 29.1 Å². The van der Waals surface area contributed by atoms with Crippen LogP contribution in [0.1, 0.15) is 39.0 Å². The van der Waals surface area contributed by atoms with E-state index in [0.717, 1.165) is 30.7 Å². The van der Waals surface area contributed by atoms with Gasteiger partial charge in [-0.05, 0) is 13.8 Å². The predicted molar refractivity (Wildman–Crippen MR) is 262 cm³/mol. The molecule has 0 spiro atoms. The number of aromatic nitrogens is 12. The predicted octanol–water partition coefficient (Wildman–Crippen LogP) is -4.17. The Labute approximate surface area is 451 Å². The Kier molecular flexibility index (Phi) is 16.9. The van der Waals surface area contributed by atoms with Crippen molar-refractivity contribution in [2.24, 2.45) is 13.0 Å². The lowest BCUT2D eigenvalue weighted by molar-refractivity contribution is -0.745. The summed E-state index contributed by atoms with van der Waals surface area (Å²) in [6, 6.07) is -0.376. The van der Waals surface area contributed by atoms with Gasteiger partial charge in [0.1, 0.15) is 54.6 Å². The molecule has 6 aromatic rings. The van der Waals surface area contributed by atoms with Gasteiger partial charge in [-0.15, -0.1) is 0 Å². The number of imidazole rings is 3. The lowest BCUT2D eigenvalue weighted by Crippen LogP contribution is -2.45. The highest BCUT2D eigenvalue weighted by atomic mass is 31.3. The van der Waals surface area contributed by atoms with E-state index in [4.69, 9.17) is 54.2 Å². The molecule has 0 radical (unpaired) electrons. The van der Waals surface area contributed by atoms with Crippen molar-refractivity contribution in [2.75, 3.05) is 44.1 Å². The molecule has 16 atom stereocenters. The maximum Gasteiger partial charge on any atom is 0.490 e. The van der Waals surface area contributed by atoms with Gasteiger partial charge in [-0.2, -0.15) is 13.6 Å². The Bertz CT molecular complexity index is 3670. The summed E-state index contributed by atoms with van der Waals surface area (Å²) in [5.41, 5.74) is 15.5. The number of carbonyl (C=O) groups excluding carboxylic acids is 1. The van der Waals surface area contributed by atoms with E-state index in [9.17, 15) is 67.5 Å². The molecule has 81 heavy (non-hydrogen) atoms. The normalized spacial score (nSPS) is 29.1. The van der Waals surface area contributed by atoms with Crippen LogP contribution < -0.4 is 43.1 Å². The van der Waals surface area contributed by atoms with Gasteiger partial charge < -0.3 is 85.4 Å². The summed E-state index contributed by atoms with van der Waals surface area (Å²) in [4.78, 5) is 112. The molecule has 3 aliphatic heterocycles. The molecule has 6 aromatic heterocycles. The number of amides is 1. The Balaban J connectivity index is 0.879. The van der Waals surface area contributed by atoms with E-state index in [-0.39, 0.29) is 57.2 Å². The van der Waals surface area contributed by atoms with Crippen molar-refractivity contribution in [3.8, 4) is 0 Å². The van der Waals surface area contributed by atoms with Crippen molar-refractivity contribution in [3.63, 3.8) is 0 Å². The molecule has 0 aromatic carbocycles. The number of aryl methyl sites for hydroxylation is 1. The molecule has 9 rings (SSSR count). The zero-order valence-electron chi connectivity index (χ0n) is 42.2. The number of aliphatic hydroxyl groups excluding tert-OH is 3. The summed E-state index contributed by atoms with van der Waals surface area (Å²) in [5.74, 6) is -2.61. The standard InChI is InChI=1S/C37H52N16O24P4/c1-13(2)45-18(54)5-14-15(72-33(22(14)55)53-12-50(3)21-30(53)47-37(40)49-32(21)59)6-70-79(62,63)76-81(66,67)77-80(64,65)71-8-17-25(26(68-4)35(74-17)51-10-43-19-27(38)41-9-42-28(19)51)75-78(60,61)69-7-16-23(56)24(57)34(73-16)52-11-44-20-29(52)46-36(39)48-31(20)58/h9-17,22-26,33-35,55-57H,5-8H2,1-4H3,(H12-,38,39,40,41,42,45,46,47,48,49,54,58,59,60,61,62,63,64,65,66,67)/t14?,15-,16-,17-,22-,23-,24-,25-,26-,33?,34-,35-/m1/s1. The molecule has 0 aliphatic carbocycles. The van der Waals surface area contributed by atoms with E-state index >= 15 is 0 Å². The van der Waals surface area contributed by atoms with Crippen LogP contribution in [0.3, 0.4) is 0 Å². The number of carbonyl (C=O) groups is 1. The van der Waals surface area contributed by atoms with Crippen LogP contribution in [0.2, 0.25) is 0 Å². The quantitative estimate of drug-likeness (QED) is 0.0227. The number of anilines is 3. The molecule has 9 heterocycles. The fraction of sp³-hybridized carbons (Fsp3) is 0.568. The van der Waals surface area contributed by atoms with Gasteiger partial charge in [-0.3, -0.25) is 51.7 Å². The summed E-state index contributed by atoms with van der Waals surface area (Å²) in [5, 5.41) is 35.9. The van der Waals surface area contributed by atoms with Crippen LogP contribution >= 0.6 is 31.3 Å². The number of hydrogen-bond donors (Lipinski definition) is 12. The Morgan fingerprint density at radius 2 is 1.38 bits per heavy atom. The molecule has 0 bridgehead atoms. The zero-order valence-corrected chi connectivity index (χ0v) is 45.7. The van der Waals surface area contributed by atoms with Gasteiger partial charge in [0, 0.05) is 25.5 Å². The number of phosphoric acid groups is 4. The van der Waals surface area contributed by atoms with Crippen molar-refractivity contribution in [1.29, 1.82) is 0 Å². The molecular formula is C37H52N16O24P4. The number of hydrogen-bond acceptors (Lipinski definition) is 30.